The largest absolute Gasteiger partial charge is 0.582 e. The molecule has 0 bridgehead atoms. The maximum absolute atomic E-state index is 9.69. The highest BCUT2D eigenvalue weighted by molar-refractivity contribution is 14.1. The van der Waals surface area contributed by atoms with E-state index in [0.29, 0.717) is 0 Å². The first-order valence-electron chi connectivity index (χ1n) is 1.56. The van der Waals surface area contributed by atoms with E-state index in [9.17, 15) is 20.2 Å². The SMILES string of the molecule is O=[N+]([O-])C(Cl)(I)[N+](=O)[O-]. The third kappa shape index (κ3) is 1.90. The highest BCUT2D eigenvalue weighted by Gasteiger charge is 2.51. The second-order valence-electron chi connectivity index (χ2n) is 1.02. The van der Waals surface area contributed by atoms with Gasteiger partial charge in [0.1, 0.15) is 32.4 Å². The van der Waals surface area contributed by atoms with Crippen molar-refractivity contribution in [2.24, 2.45) is 0 Å². The Bertz CT molecular complexity index is 141. The predicted molar refractivity (Wildman–Crippen MR) is 36.6 cm³/mol. The molecule has 0 saturated carbocycles. The van der Waals surface area contributed by atoms with Crippen LogP contribution in [-0.4, -0.2) is 13.0 Å². The van der Waals surface area contributed by atoms with Gasteiger partial charge in [0.2, 0.25) is 0 Å². The number of nitro groups is 2. The Hall–Kier alpha value is -0.180. The topological polar surface area (TPSA) is 86.3 Å². The molecule has 0 N–H and O–H groups in total. The van der Waals surface area contributed by atoms with Crippen LogP contribution in [0.5, 0.6) is 0 Å². The van der Waals surface area contributed by atoms with Crippen LogP contribution in [0.1, 0.15) is 0 Å². The first-order chi connectivity index (χ1) is 3.89. The Morgan fingerprint density at radius 2 is 1.56 bits per heavy atom. The summed E-state index contributed by atoms with van der Waals surface area (Å²) < 4.78 is -2.61. The molecule has 0 aliphatic heterocycles. The number of hydrogen-bond acceptors (Lipinski definition) is 4. The van der Waals surface area contributed by atoms with Crippen LogP contribution in [0.2, 0.25) is 0 Å². The number of halogens is 2. The van der Waals surface area contributed by atoms with Crippen molar-refractivity contribution in [2.75, 3.05) is 0 Å². The maximum Gasteiger partial charge on any atom is 0.582 e. The van der Waals surface area contributed by atoms with Gasteiger partial charge in [-0.3, -0.25) is 20.2 Å². The normalized spacial score (nSPS) is 10.9. The second-order valence-corrected chi connectivity index (χ2v) is 3.69. The van der Waals surface area contributed by atoms with Gasteiger partial charge in [-0.25, -0.2) is 0 Å². The van der Waals surface area contributed by atoms with E-state index < -0.39 is 13.0 Å². The lowest BCUT2D eigenvalue weighted by Gasteiger charge is -1.98. The summed E-state index contributed by atoms with van der Waals surface area (Å²) in [5, 5.41) is 19.4. The van der Waals surface area contributed by atoms with Crippen molar-refractivity contribution in [1.29, 1.82) is 0 Å². The molecule has 0 unspecified atom stereocenters. The van der Waals surface area contributed by atoms with E-state index >= 15 is 0 Å². The fourth-order valence-corrected chi connectivity index (χ4v) is 0.0667. The quantitative estimate of drug-likeness (QED) is 0.185. The second kappa shape index (κ2) is 2.60. The lowest BCUT2D eigenvalue weighted by atomic mass is 11.2. The molecule has 0 saturated heterocycles. The van der Waals surface area contributed by atoms with E-state index in [0.717, 1.165) is 22.6 Å². The number of hydrogen-bond donors (Lipinski definition) is 0. The van der Waals surface area contributed by atoms with E-state index in [-0.39, 0.29) is 0 Å². The lowest BCUT2D eigenvalue weighted by Crippen LogP contribution is -2.33. The summed E-state index contributed by atoms with van der Waals surface area (Å²) in [5.41, 5.74) is 0. The van der Waals surface area contributed by atoms with Gasteiger partial charge >= 0.3 is 3.13 Å². The van der Waals surface area contributed by atoms with Crippen LogP contribution in [0, 0.1) is 20.2 Å². The van der Waals surface area contributed by atoms with Gasteiger partial charge in [0.05, 0.1) is 11.6 Å². The van der Waals surface area contributed by atoms with Crippen molar-refractivity contribution in [3.8, 4) is 0 Å². The van der Waals surface area contributed by atoms with Gasteiger partial charge in [0, 0.05) is 0 Å². The van der Waals surface area contributed by atoms with Crippen molar-refractivity contribution >= 4 is 34.2 Å². The Morgan fingerprint density at radius 3 is 1.56 bits per heavy atom. The molecule has 0 aromatic heterocycles. The fraction of sp³-hybridized carbons (Fsp3) is 1.00. The minimum absolute atomic E-state index is 0.923. The average molecular weight is 266 g/mol. The van der Waals surface area contributed by atoms with E-state index in [2.05, 4.69) is 0 Å². The van der Waals surface area contributed by atoms with Crippen LogP contribution >= 0.6 is 34.2 Å². The lowest BCUT2D eigenvalue weighted by molar-refractivity contribution is -0.724. The minimum atomic E-state index is -2.61. The van der Waals surface area contributed by atoms with Gasteiger partial charge in [0.25, 0.3) is 0 Å². The molecule has 0 rings (SSSR count). The summed E-state index contributed by atoms with van der Waals surface area (Å²) in [7, 11) is 0. The van der Waals surface area contributed by atoms with Crippen LogP contribution in [0.4, 0.5) is 0 Å². The van der Waals surface area contributed by atoms with E-state index in [1.807, 2.05) is 0 Å². The molecule has 0 aliphatic carbocycles. The molecular formula is CClIN2O4. The summed E-state index contributed by atoms with van der Waals surface area (Å²) in [6.07, 6.45) is 0. The zero-order chi connectivity index (χ0) is 7.65. The van der Waals surface area contributed by atoms with Crippen LogP contribution in [0.25, 0.3) is 0 Å². The van der Waals surface area contributed by atoms with Gasteiger partial charge in [-0.2, -0.15) is 0 Å². The predicted octanol–water partition coefficient (Wildman–Crippen LogP) is 0.825. The van der Waals surface area contributed by atoms with Crippen LogP contribution in [-0.2, 0) is 0 Å². The molecule has 0 amide bonds. The zero-order valence-electron chi connectivity index (χ0n) is 3.78. The summed E-state index contributed by atoms with van der Waals surface area (Å²) in [4.78, 5) is 17.0. The number of nitrogens with zero attached hydrogens (tertiary/aromatic N) is 2. The minimum Gasteiger partial charge on any atom is -0.257 e. The van der Waals surface area contributed by atoms with Crippen molar-refractivity contribution in [3.63, 3.8) is 0 Å². The van der Waals surface area contributed by atoms with Crippen molar-refractivity contribution < 1.29 is 9.85 Å². The Morgan fingerprint density at radius 1 is 1.33 bits per heavy atom. The molecule has 0 heterocycles. The van der Waals surface area contributed by atoms with Gasteiger partial charge in [-0.1, -0.05) is 0 Å². The van der Waals surface area contributed by atoms with Crippen molar-refractivity contribution in [3.05, 3.63) is 20.2 Å². The third-order valence-corrected chi connectivity index (χ3v) is 1.50. The molecule has 0 fully saturated rings. The average Bonchev–Trinajstić information content (AvgIpc) is 1.65. The Kier molecular flexibility index (Phi) is 2.55. The molecule has 0 spiro atoms. The number of rotatable bonds is 2. The standard InChI is InChI=1S/CClIN2O4/c2-1(3,4(6)7)5(8)9. The first kappa shape index (κ1) is 8.82. The van der Waals surface area contributed by atoms with E-state index in [4.69, 9.17) is 11.6 Å². The summed E-state index contributed by atoms with van der Waals surface area (Å²) >= 11 is 5.72. The van der Waals surface area contributed by atoms with Gasteiger partial charge < -0.3 is 0 Å². The monoisotopic (exact) mass is 266 g/mol. The molecule has 0 aliphatic rings. The molecule has 0 aromatic carbocycles. The van der Waals surface area contributed by atoms with Gasteiger partial charge in [-0.05, 0) is 0 Å². The molecular weight excluding hydrogens is 266 g/mol. The highest BCUT2D eigenvalue weighted by atomic mass is 127. The van der Waals surface area contributed by atoms with E-state index in [1.54, 1.807) is 0 Å². The highest BCUT2D eigenvalue weighted by Crippen LogP contribution is 2.24. The smallest absolute Gasteiger partial charge is 0.257 e. The fourth-order valence-electron chi connectivity index (χ4n) is 0.0667. The number of alkyl halides is 2. The van der Waals surface area contributed by atoms with Crippen LogP contribution < -0.4 is 0 Å². The van der Waals surface area contributed by atoms with Crippen LogP contribution in [0.3, 0.4) is 0 Å². The molecule has 0 atom stereocenters. The molecule has 6 nitrogen and oxygen atoms in total. The summed E-state index contributed by atoms with van der Waals surface area (Å²) in [5.74, 6) is 0. The third-order valence-electron chi connectivity index (χ3n) is 0.439. The molecule has 0 aromatic rings. The first-order valence-corrected chi connectivity index (χ1v) is 3.01. The summed E-state index contributed by atoms with van der Waals surface area (Å²) in [6.45, 7) is 0. The van der Waals surface area contributed by atoms with Gasteiger partial charge in [0.15, 0.2) is 0 Å². The van der Waals surface area contributed by atoms with Crippen molar-refractivity contribution in [1.82, 2.24) is 0 Å². The molecule has 52 valence electrons. The molecule has 9 heavy (non-hydrogen) atoms. The maximum atomic E-state index is 9.69. The van der Waals surface area contributed by atoms with Crippen molar-refractivity contribution in [2.45, 2.75) is 3.13 Å². The molecule has 8 heteroatoms. The molecule has 0 radical (unpaired) electrons. The Balaban J connectivity index is 4.38. The van der Waals surface area contributed by atoms with Gasteiger partial charge in [-0.15, -0.1) is 0 Å². The summed E-state index contributed by atoms with van der Waals surface area (Å²) in [6, 6.07) is 0. The Labute approximate surface area is 67.6 Å². The van der Waals surface area contributed by atoms with Crippen LogP contribution in [0.15, 0.2) is 0 Å². The van der Waals surface area contributed by atoms with E-state index in [1.165, 1.54) is 0 Å². The zero-order valence-corrected chi connectivity index (χ0v) is 6.70.